The second-order valence-corrected chi connectivity index (χ2v) is 8.00. The minimum Gasteiger partial charge on any atom is -0.496 e. The van der Waals surface area contributed by atoms with Gasteiger partial charge in [0, 0.05) is 12.1 Å². The van der Waals surface area contributed by atoms with Gasteiger partial charge in [0.25, 0.3) is 3.57 Å². The molecule has 0 N–H and O–H groups in total. The highest BCUT2D eigenvalue weighted by atomic mass is 127. The molecule has 0 bridgehead atoms. The van der Waals surface area contributed by atoms with E-state index in [2.05, 4.69) is 4.74 Å². The van der Waals surface area contributed by atoms with Crippen LogP contribution in [-0.2, 0) is 4.74 Å². The third kappa shape index (κ3) is 5.91. The van der Waals surface area contributed by atoms with E-state index in [-0.39, 0.29) is 5.56 Å². The molecule has 2 aromatic carbocycles. The van der Waals surface area contributed by atoms with Crippen molar-refractivity contribution in [2.45, 2.75) is 6.18 Å². The second-order valence-electron chi connectivity index (χ2n) is 5.14. The van der Waals surface area contributed by atoms with Crippen LogP contribution in [0.1, 0.15) is 10.4 Å². The summed E-state index contributed by atoms with van der Waals surface area (Å²) in [5.41, 5.74) is 0.0562. The number of rotatable bonds is 7. The second kappa shape index (κ2) is 9.16. The van der Waals surface area contributed by atoms with Gasteiger partial charge >= 0.3 is 33.4 Å². The number of esters is 1. The highest BCUT2D eigenvalue weighted by Crippen LogP contribution is 2.27. The Hall–Kier alpha value is -2.17. The zero-order valence-electron chi connectivity index (χ0n) is 14.7. The van der Waals surface area contributed by atoms with Crippen LogP contribution in [0.25, 0.3) is 0 Å². The molecule has 0 aromatic heterocycles. The zero-order valence-corrected chi connectivity index (χ0v) is 16.9. The Kier molecular flexibility index (Phi) is 7.17. The summed E-state index contributed by atoms with van der Waals surface area (Å²) in [5, 5.41) is 0. The van der Waals surface area contributed by atoms with E-state index in [1.807, 2.05) is 0 Å². The van der Waals surface area contributed by atoms with Crippen LogP contribution in [-0.4, -0.2) is 40.1 Å². The quantitative estimate of drug-likeness (QED) is 0.414. The van der Waals surface area contributed by atoms with Gasteiger partial charge in [0.05, 0.1) is 26.9 Å². The summed E-state index contributed by atoms with van der Waals surface area (Å²) >= 11 is -0.743. The number of methoxy groups -OCH3 is 3. The van der Waals surface area contributed by atoms with Gasteiger partial charge in [-0.15, -0.1) is 0 Å². The average molecular weight is 497 g/mol. The Balaban J connectivity index is 2.18. The number of halogens is 4. The molecule has 0 atom stereocenters. The molecular weight excluding hydrogens is 480 g/mol. The Morgan fingerprint density at radius 1 is 0.963 bits per heavy atom. The fourth-order valence-corrected chi connectivity index (χ4v) is 4.67. The molecule has 0 aliphatic heterocycles. The predicted octanol–water partition coefficient (Wildman–Crippen LogP) is 0.560. The first kappa shape index (κ1) is 21.1. The third-order valence-electron chi connectivity index (χ3n) is 3.31. The Bertz CT molecular complexity index is 766. The van der Waals surface area contributed by atoms with Gasteiger partial charge in [0.15, 0.2) is 21.7 Å². The number of alkyl halides is 3. The molecule has 0 saturated heterocycles. The Morgan fingerprint density at radius 2 is 1.52 bits per heavy atom. The van der Waals surface area contributed by atoms with E-state index < -0.39 is 40.0 Å². The van der Waals surface area contributed by atoms with Crippen LogP contribution >= 0.6 is 0 Å². The predicted molar refractivity (Wildman–Crippen MR) is 86.3 cm³/mol. The molecule has 0 radical (unpaired) electrons. The molecule has 0 spiro atoms. The lowest BCUT2D eigenvalue weighted by Crippen LogP contribution is -3.61. The van der Waals surface area contributed by atoms with Crippen molar-refractivity contribution in [1.82, 2.24) is 0 Å². The summed E-state index contributed by atoms with van der Waals surface area (Å²) in [6, 6.07) is 9.74. The minimum atomic E-state index is -4.55. The molecule has 27 heavy (non-hydrogen) atoms. The zero-order chi connectivity index (χ0) is 20.0. The first-order valence-electron chi connectivity index (χ1n) is 7.56. The smallest absolute Gasteiger partial charge is 0.422 e. The maximum Gasteiger partial charge on any atom is 0.422 e. The average Bonchev–Trinajstić information content (AvgIpc) is 2.66. The fraction of sp³-hybridized carbons (Fsp3) is 0.278. The first-order chi connectivity index (χ1) is 12.8. The van der Waals surface area contributed by atoms with Gasteiger partial charge in [-0.3, -0.25) is 0 Å². The normalized spacial score (nSPS) is 11.0. The number of hydrogen-bond acceptors (Lipinski definition) is 5. The van der Waals surface area contributed by atoms with E-state index in [0.29, 0.717) is 17.2 Å². The maximum atomic E-state index is 12.1. The van der Waals surface area contributed by atoms with Gasteiger partial charge in [-0.1, -0.05) is 0 Å². The molecule has 0 saturated carbocycles. The van der Waals surface area contributed by atoms with Crippen molar-refractivity contribution in [3.8, 4) is 17.2 Å². The molecule has 9 heteroatoms. The minimum absolute atomic E-state index is 0.0562. The van der Waals surface area contributed by atoms with Crippen molar-refractivity contribution in [1.29, 1.82) is 0 Å². The summed E-state index contributed by atoms with van der Waals surface area (Å²) in [6.07, 6.45) is -4.55. The molecule has 2 rings (SSSR count). The Labute approximate surface area is 164 Å². The van der Waals surface area contributed by atoms with Crippen LogP contribution in [0.3, 0.4) is 0 Å². The van der Waals surface area contributed by atoms with Crippen molar-refractivity contribution >= 4 is 5.97 Å². The van der Waals surface area contributed by atoms with Crippen LogP contribution in [0.2, 0.25) is 0 Å². The van der Waals surface area contributed by atoms with Gasteiger partial charge in [0.2, 0.25) is 0 Å². The van der Waals surface area contributed by atoms with Crippen LogP contribution in [0, 0.1) is 7.14 Å². The number of carbonyl (C=O) groups is 1. The maximum absolute atomic E-state index is 12.1. The van der Waals surface area contributed by atoms with Gasteiger partial charge < -0.3 is 18.9 Å². The van der Waals surface area contributed by atoms with E-state index in [0.717, 1.165) is 7.14 Å². The van der Waals surface area contributed by atoms with E-state index in [1.165, 1.54) is 12.1 Å². The van der Waals surface area contributed by atoms with Crippen molar-refractivity contribution in [3.05, 3.63) is 49.1 Å². The first-order valence-corrected chi connectivity index (χ1v) is 9.72. The number of hydrogen-bond donors (Lipinski definition) is 0. The summed E-state index contributed by atoms with van der Waals surface area (Å²) in [4.78, 5) is 11.7. The number of carbonyl (C=O) groups excluding carboxylic acids is 1. The van der Waals surface area contributed by atoms with Gasteiger partial charge in [-0.05, 0) is 24.3 Å². The van der Waals surface area contributed by atoms with E-state index in [9.17, 15) is 18.0 Å². The molecule has 0 fully saturated rings. The van der Waals surface area contributed by atoms with Crippen LogP contribution in [0.5, 0.6) is 17.2 Å². The lowest BCUT2D eigenvalue weighted by atomic mass is 10.2. The monoisotopic (exact) mass is 497 g/mol. The van der Waals surface area contributed by atoms with Gasteiger partial charge in [-0.2, -0.15) is 13.2 Å². The van der Waals surface area contributed by atoms with Crippen molar-refractivity contribution in [2.75, 3.05) is 27.9 Å². The molecule has 0 aliphatic carbocycles. The number of ether oxygens (including phenoxy) is 4. The standard InChI is InChI=1S/C18H17F3IO5/c1-24-13-8-14(25-2)16(15(9-13)26-3)22-12-6-4-11(5-7-12)17(23)27-10-18(19,20)21/h4-9H,10H2,1-3H3/q+1. The fourth-order valence-electron chi connectivity index (χ4n) is 2.05. The molecule has 146 valence electrons. The molecular formula is C18H17F3IO5+. The SMILES string of the molecule is COc1cc(OC)c([I+]c2ccc(C(=O)OCC(F)(F)F)cc2)c(OC)c1. The summed E-state index contributed by atoms with van der Waals surface area (Å²) in [7, 11) is 4.63. The largest absolute Gasteiger partial charge is 0.496 e. The highest BCUT2D eigenvalue weighted by Gasteiger charge is 2.30. The van der Waals surface area contributed by atoms with E-state index in [4.69, 9.17) is 14.2 Å². The Morgan fingerprint density at radius 3 is 1.96 bits per heavy atom. The van der Waals surface area contributed by atoms with Crippen LogP contribution in [0.15, 0.2) is 36.4 Å². The summed E-state index contributed by atoms with van der Waals surface area (Å²) in [6.45, 7) is -1.61. The van der Waals surface area contributed by atoms with Crippen molar-refractivity contribution in [2.24, 2.45) is 0 Å². The molecule has 0 amide bonds. The van der Waals surface area contributed by atoms with E-state index >= 15 is 0 Å². The summed E-state index contributed by atoms with van der Waals surface area (Å²) in [5.74, 6) is 0.816. The van der Waals surface area contributed by atoms with Crippen LogP contribution in [0.4, 0.5) is 13.2 Å². The van der Waals surface area contributed by atoms with Crippen molar-refractivity contribution in [3.63, 3.8) is 0 Å². The molecule has 0 unspecified atom stereocenters. The third-order valence-corrected chi connectivity index (χ3v) is 6.25. The highest BCUT2D eigenvalue weighted by molar-refractivity contribution is 5.89. The molecule has 0 aliphatic rings. The molecule has 5 nitrogen and oxygen atoms in total. The topological polar surface area (TPSA) is 54.0 Å². The van der Waals surface area contributed by atoms with Gasteiger partial charge in [0.1, 0.15) is 5.75 Å². The lowest BCUT2D eigenvalue weighted by molar-refractivity contribution is -0.598. The van der Waals surface area contributed by atoms with Crippen LogP contribution < -0.4 is 35.4 Å². The summed E-state index contributed by atoms with van der Waals surface area (Å²) < 4.78 is 58.5. The molecule has 0 heterocycles. The van der Waals surface area contributed by atoms with Crippen molar-refractivity contribution < 1.29 is 58.1 Å². The van der Waals surface area contributed by atoms with Gasteiger partial charge in [-0.25, -0.2) is 4.79 Å². The number of benzene rings is 2. The van der Waals surface area contributed by atoms with E-state index in [1.54, 1.807) is 45.6 Å². The molecule has 2 aromatic rings. The lowest BCUT2D eigenvalue weighted by Gasteiger charge is -2.08.